The molecular formula is C9H13NO3. The van der Waals surface area contributed by atoms with Crippen molar-refractivity contribution in [3.8, 4) is 5.75 Å². The Morgan fingerprint density at radius 1 is 1.46 bits per heavy atom. The van der Waals surface area contributed by atoms with Crippen molar-refractivity contribution in [2.24, 2.45) is 0 Å². The van der Waals surface area contributed by atoms with Crippen LogP contribution in [0.3, 0.4) is 0 Å². The molecule has 4 nitrogen and oxygen atoms in total. The Balaban J connectivity index is 0.000000252. The van der Waals surface area contributed by atoms with Crippen molar-refractivity contribution in [2.45, 2.75) is 6.92 Å². The Labute approximate surface area is 76.9 Å². The molecule has 0 aliphatic carbocycles. The molecule has 72 valence electrons. The summed E-state index contributed by atoms with van der Waals surface area (Å²) < 4.78 is 4.11. The Morgan fingerprint density at radius 2 is 1.92 bits per heavy atom. The summed E-state index contributed by atoms with van der Waals surface area (Å²) in [7, 11) is 1.35. The molecule has 0 radical (unpaired) electrons. The van der Waals surface area contributed by atoms with Gasteiger partial charge in [0.2, 0.25) is 0 Å². The Kier molecular flexibility index (Phi) is 5.11. The van der Waals surface area contributed by atoms with Crippen LogP contribution >= 0.6 is 0 Å². The van der Waals surface area contributed by atoms with E-state index in [0.29, 0.717) is 5.69 Å². The summed E-state index contributed by atoms with van der Waals surface area (Å²) in [5.41, 5.74) is 5.69. The van der Waals surface area contributed by atoms with Crippen LogP contribution in [0.5, 0.6) is 5.75 Å². The molecule has 0 aliphatic heterocycles. The van der Waals surface area contributed by atoms with Crippen LogP contribution < -0.4 is 5.73 Å². The SMILES string of the molecule is COC(C)=O.Nc1ccccc1O. The number of benzene rings is 1. The highest BCUT2D eigenvalue weighted by Gasteiger charge is 1.87. The Bertz CT molecular complexity index is 252. The van der Waals surface area contributed by atoms with Crippen LogP contribution in [0.4, 0.5) is 5.69 Å². The number of esters is 1. The molecule has 1 aromatic carbocycles. The van der Waals surface area contributed by atoms with Crippen molar-refractivity contribution >= 4 is 11.7 Å². The second kappa shape index (κ2) is 5.88. The lowest BCUT2D eigenvalue weighted by Crippen LogP contribution is -1.88. The molecule has 13 heavy (non-hydrogen) atoms. The van der Waals surface area contributed by atoms with E-state index in [4.69, 9.17) is 10.8 Å². The molecule has 0 amide bonds. The molecule has 0 unspecified atom stereocenters. The third-order valence-corrected chi connectivity index (χ3v) is 1.22. The van der Waals surface area contributed by atoms with Gasteiger partial charge in [-0.15, -0.1) is 0 Å². The average molecular weight is 183 g/mol. The summed E-state index contributed by atoms with van der Waals surface area (Å²) in [4.78, 5) is 9.59. The lowest BCUT2D eigenvalue weighted by Gasteiger charge is -1.92. The molecule has 0 bridgehead atoms. The number of carbonyl (C=O) groups excluding carboxylic acids is 1. The van der Waals surface area contributed by atoms with Crippen molar-refractivity contribution in [3.63, 3.8) is 0 Å². The number of phenolic OH excluding ortho intramolecular Hbond substituents is 1. The number of rotatable bonds is 0. The zero-order chi connectivity index (χ0) is 10.3. The number of phenols is 1. The molecule has 0 spiro atoms. The molecule has 1 rings (SSSR count). The third kappa shape index (κ3) is 5.55. The van der Waals surface area contributed by atoms with Crippen molar-refractivity contribution in [1.82, 2.24) is 0 Å². The van der Waals surface area contributed by atoms with E-state index in [1.807, 2.05) is 0 Å². The maximum Gasteiger partial charge on any atom is 0.302 e. The number of carbonyl (C=O) groups is 1. The number of methoxy groups -OCH3 is 1. The van der Waals surface area contributed by atoms with Crippen LogP contribution in [0.1, 0.15) is 6.92 Å². The fourth-order valence-corrected chi connectivity index (χ4v) is 0.488. The number of hydrogen-bond donors (Lipinski definition) is 2. The first-order valence-corrected chi connectivity index (χ1v) is 3.66. The smallest absolute Gasteiger partial charge is 0.302 e. The summed E-state index contributed by atoms with van der Waals surface area (Å²) in [5, 5.41) is 8.79. The van der Waals surface area contributed by atoms with Crippen LogP contribution in [0.25, 0.3) is 0 Å². The minimum Gasteiger partial charge on any atom is -0.506 e. The van der Waals surface area contributed by atoms with Gasteiger partial charge in [-0.2, -0.15) is 0 Å². The predicted molar refractivity (Wildman–Crippen MR) is 50.2 cm³/mol. The van der Waals surface area contributed by atoms with Gasteiger partial charge in [-0.25, -0.2) is 0 Å². The van der Waals surface area contributed by atoms with E-state index >= 15 is 0 Å². The molecule has 4 heteroatoms. The van der Waals surface area contributed by atoms with E-state index in [2.05, 4.69) is 4.74 Å². The molecule has 0 saturated heterocycles. The first-order chi connectivity index (χ1) is 6.07. The molecule has 1 aromatic rings. The van der Waals surface area contributed by atoms with Crippen LogP contribution in [-0.2, 0) is 9.53 Å². The normalized spacial score (nSPS) is 8.15. The highest BCUT2D eigenvalue weighted by molar-refractivity contribution is 5.65. The summed E-state index contributed by atoms with van der Waals surface area (Å²) in [5.74, 6) is -0.0995. The van der Waals surface area contributed by atoms with Gasteiger partial charge in [0.1, 0.15) is 5.75 Å². The standard InChI is InChI=1S/C6H7NO.C3H6O2/c7-5-3-1-2-4-6(5)8;1-3(4)5-2/h1-4,8H,7H2;1-2H3. The molecule has 3 N–H and O–H groups in total. The monoisotopic (exact) mass is 183 g/mol. The minimum absolute atomic E-state index is 0.146. The van der Waals surface area contributed by atoms with E-state index in [1.54, 1.807) is 24.3 Å². The number of nitrogen functional groups attached to an aromatic ring is 1. The number of ether oxygens (including phenoxy) is 1. The third-order valence-electron chi connectivity index (χ3n) is 1.22. The van der Waals surface area contributed by atoms with Gasteiger partial charge in [0.15, 0.2) is 0 Å². The van der Waals surface area contributed by atoms with Crippen LogP contribution in [0, 0.1) is 0 Å². The van der Waals surface area contributed by atoms with E-state index in [1.165, 1.54) is 14.0 Å². The second-order valence-electron chi connectivity index (χ2n) is 2.25. The highest BCUT2D eigenvalue weighted by atomic mass is 16.5. The van der Waals surface area contributed by atoms with Gasteiger partial charge in [-0.1, -0.05) is 12.1 Å². The average Bonchev–Trinajstić information content (AvgIpc) is 2.11. The molecule has 0 aromatic heterocycles. The number of aromatic hydroxyl groups is 1. The van der Waals surface area contributed by atoms with Crippen LogP contribution in [0.15, 0.2) is 24.3 Å². The summed E-state index contributed by atoms with van der Waals surface area (Å²) in [6.07, 6.45) is 0. The number of para-hydroxylation sites is 2. The Hall–Kier alpha value is -1.71. The van der Waals surface area contributed by atoms with Gasteiger partial charge in [0.25, 0.3) is 0 Å². The maximum absolute atomic E-state index is 9.59. The number of hydrogen-bond acceptors (Lipinski definition) is 4. The molecular weight excluding hydrogens is 170 g/mol. The van der Waals surface area contributed by atoms with Crippen molar-refractivity contribution in [3.05, 3.63) is 24.3 Å². The topological polar surface area (TPSA) is 72.5 Å². The quantitative estimate of drug-likeness (QED) is 0.359. The van der Waals surface area contributed by atoms with Gasteiger partial charge in [-0.05, 0) is 12.1 Å². The first kappa shape index (κ1) is 11.3. The minimum atomic E-state index is -0.245. The summed E-state index contributed by atoms with van der Waals surface area (Å²) in [6.45, 7) is 1.36. The largest absolute Gasteiger partial charge is 0.506 e. The lowest BCUT2D eigenvalue weighted by atomic mass is 10.3. The maximum atomic E-state index is 9.59. The Morgan fingerprint density at radius 3 is 2.15 bits per heavy atom. The lowest BCUT2D eigenvalue weighted by molar-refractivity contribution is -0.137. The van der Waals surface area contributed by atoms with Crippen molar-refractivity contribution < 1.29 is 14.6 Å². The highest BCUT2D eigenvalue weighted by Crippen LogP contribution is 2.16. The molecule has 0 fully saturated rings. The predicted octanol–water partition coefficient (Wildman–Crippen LogP) is 1.15. The van der Waals surface area contributed by atoms with Gasteiger partial charge in [0, 0.05) is 6.92 Å². The fourth-order valence-electron chi connectivity index (χ4n) is 0.488. The summed E-state index contributed by atoms with van der Waals surface area (Å²) in [6, 6.07) is 6.70. The number of anilines is 1. The van der Waals surface area contributed by atoms with Gasteiger partial charge in [0.05, 0.1) is 12.8 Å². The van der Waals surface area contributed by atoms with Crippen LogP contribution in [-0.4, -0.2) is 18.2 Å². The fraction of sp³-hybridized carbons (Fsp3) is 0.222. The van der Waals surface area contributed by atoms with E-state index in [9.17, 15) is 4.79 Å². The first-order valence-electron chi connectivity index (χ1n) is 3.66. The van der Waals surface area contributed by atoms with Crippen molar-refractivity contribution in [2.75, 3.05) is 12.8 Å². The number of nitrogens with two attached hydrogens (primary N) is 1. The van der Waals surface area contributed by atoms with Crippen LogP contribution in [0.2, 0.25) is 0 Å². The van der Waals surface area contributed by atoms with Gasteiger partial charge in [-0.3, -0.25) is 4.79 Å². The van der Waals surface area contributed by atoms with E-state index < -0.39 is 0 Å². The molecule has 0 aliphatic rings. The van der Waals surface area contributed by atoms with Gasteiger partial charge < -0.3 is 15.6 Å². The zero-order valence-corrected chi connectivity index (χ0v) is 7.65. The van der Waals surface area contributed by atoms with Crippen molar-refractivity contribution in [1.29, 1.82) is 0 Å². The van der Waals surface area contributed by atoms with E-state index in [0.717, 1.165) is 0 Å². The van der Waals surface area contributed by atoms with E-state index in [-0.39, 0.29) is 11.7 Å². The van der Waals surface area contributed by atoms with Gasteiger partial charge >= 0.3 is 5.97 Å². The summed E-state index contributed by atoms with van der Waals surface area (Å²) >= 11 is 0. The molecule has 0 saturated carbocycles. The molecule has 0 heterocycles. The molecule has 0 atom stereocenters. The zero-order valence-electron chi connectivity index (χ0n) is 7.65. The second-order valence-corrected chi connectivity index (χ2v) is 2.25.